The van der Waals surface area contributed by atoms with E-state index in [0.29, 0.717) is 16.7 Å². The smallest absolute Gasteiger partial charge is 0.182 e. The number of ketones is 1. The number of aromatic nitrogens is 1. The number of aliphatic hydroxyl groups excluding tert-OH is 2. The fourth-order valence-electron chi connectivity index (χ4n) is 3.61. The average molecular weight is 403 g/mol. The number of nitrogens with zero attached hydrogens (tertiary/aromatic N) is 1. The van der Waals surface area contributed by atoms with E-state index in [1.54, 1.807) is 42.5 Å². The Balaban J connectivity index is 1.84. The van der Waals surface area contributed by atoms with Gasteiger partial charge in [0, 0.05) is 28.2 Å². The van der Waals surface area contributed by atoms with Gasteiger partial charge in [-0.25, -0.2) is 0 Å². The molecule has 0 aliphatic rings. The summed E-state index contributed by atoms with van der Waals surface area (Å²) >= 11 is 0. The standard InChI is InChI=1S/C24H21NO5/c26-13-17-9-21-22(15-1-5-19(28)6-2-15)11-25(23(21)10-18(17)14-27)12-24(30)16-3-7-20(29)8-4-16/h1-11,26-29H,12-14H2. The lowest BCUT2D eigenvalue weighted by Gasteiger charge is -2.09. The van der Waals surface area contributed by atoms with Gasteiger partial charge in [-0.3, -0.25) is 4.79 Å². The van der Waals surface area contributed by atoms with E-state index in [2.05, 4.69) is 0 Å². The highest BCUT2D eigenvalue weighted by Crippen LogP contribution is 2.34. The minimum absolute atomic E-state index is 0.0721. The Bertz CT molecular complexity index is 1210. The first kappa shape index (κ1) is 19.7. The highest BCUT2D eigenvalue weighted by molar-refractivity contribution is 6.00. The second kappa shape index (κ2) is 8.02. The summed E-state index contributed by atoms with van der Waals surface area (Å²) in [5, 5.41) is 39.3. The molecule has 4 rings (SSSR count). The predicted molar refractivity (Wildman–Crippen MR) is 113 cm³/mol. The molecule has 30 heavy (non-hydrogen) atoms. The van der Waals surface area contributed by atoms with Crippen LogP contribution in [0.3, 0.4) is 0 Å². The van der Waals surface area contributed by atoms with Crippen molar-refractivity contribution < 1.29 is 25.2 Å². The first-order valence-corrected chi connectivity index (χ1v) is 9.48. The summed E-state index contributed by atoms with van der Waals surface area (Å²) in [5.74, 6) is 0.126. The molecule has 0 aliphatic carbocycles. The van der Waals surface area contributed by atoms with Gasteiger partial charge < -0.3 is 25.0 Å². The van der Waals surface area contributed by atoms with Crippen molar-refractivity contribution in [2.45, 2.75) is 19.8 Å². The van der Waals surface area contributed by atoms with Gasteiger partial charge in [-0.1, -0.05) is 12.1 Å². The van der Waals surface area contributed by atoms with Crippen LogP contribution in [0.5, 0.6) is 11.5 Å². The van der Waals surface area contributed by atoms with Crippen molar-refractivity contribution >= 4 is 16.7 Å². The fourth-order valence-corrected chi connectivity index (χ4v) is 3.61. The number of hydrogen-bond acceptors (Lipinski definition) is 5. The van der Waals surface area contributed by atoms with Crippen LogP contribution >= 0.6 is 0 Å². The van der Waals surface area contributed by atoms with E-state index in [1.807, 2.05) is 16.8 Å². The molecule has 0 saturated carbocycles. The summed E-state index contributed by atoms with van der Waals surface area (Å²) < 4.78 is 1.81. The summed E-state index contributed by atoms with van der Waals surface area (Å²) in [6.45, 7) is -0.362. The second-order valence-corrected chi connectivity index (χ2v) is 7.14. The second-order valence-electron chi connectivity index (χ2n) is 7.14. The molecule has 0 amide bonds. The van der Waals surface area contributed by atoms with Gasteiger partial charge >= 0.3 is 0 Å². The fraction of sp³-hybridized carbons (Fsp3) is 0.125. The predicted octanol–water partition coefficient (Wildman–Crippen LogP) is 3.59. The van der Waals surface area contributed by atoms with Gasteiger partial charge in [0.05, 0.1) is 19.8 Å². The van der Waals surface area contributed by atoms with Crippen LogP contribution < -0.4 is 0 Å². The first-order valence-electron chi connectivity index (χ1n) is 9.48. The molecule has 4 N–H and O–H groups in total. The van der Waals surface area contributed by atoms with Gasteiger partial charge in [0.25, 0.3) is 0 Å². The van der Waals surface area contributed by atoms with E-state index in [0.717, 1.165) is 22.0 Å². The number of phenols is 2. The minimum atomic E-state index is -0.225. The minimum Gasteiger partial charge on any atom is -0.508 e. The molecule has 0 aliphatic heterocycles. The number of aromatic hydroxyl groups is 2. The number of rotatable bonds is 6. The molecule has 6 nitrogen and oxygen atoms in total. The number of carbonyl (C=O) groups excluding carboxylic acids is 1. The van der Waals surface area contributed by atoms with Crippen molar-refractivity contribution in [3.63, 3.8) is 0 Å². The molecule has 0 spiro atoms. The highest BCUT2D eigenvalue weighted by atomic mass is 16.3. The van der Waals surface area contributed by atoms with Gasteiger partial charge in [0.2, 0.25) is 0 Å². The van der Waals surface area contributed by atoms with Gasteiger partial charge in [-0.05, 0) is 65.2 Å². The van der Waals surface area contributed by atoms with Crippen LogP contribution in [0.25, 0.3) is 22.0 Å². The van der Waals surface area contributed by atoms with Gasteiger partial charge in [0.1, 0.15) is 11.5 Å². The maximum atomic E-state index is 12.8. The van der Waals surface area contributed by atoms with Crippen LogP contribution in [0.2, 0.25) is 0 Å². The number of fused-ring (bicyclic) bond motifs is 1. The molecule has 6 heteroatoms. The van der Waals surface area contributed by atoms with Gasteiger partial charge in [-0.15, -0.1) is 0 Å². The topological polar surface area (TPSA) is 103 Å². The Kier molecular flexibility index (Phi) is 5.27. The van der Waals surface area contributed by atoms with Crippen LogP contribution in [0, 0.1) is 0 Å². The van der Waals surface area contributed by atoms with Crippen LogP contribution in [0.4, 0.5) is 0 Å². The van der Waals surface area contributed by atoms with Crippen molar-refractivity contribution in [3.8, 4) is 22.6 Å². The molecule has 1 aromatic heterocycles. The van der Waals surface area contributed by atoms with E-state index in [9.17, 15) is 25.2 Å². The number of aliphatic hydroxyl groups is 2. The molecule has 0 saturated heterocycles. The van der Waals surface area contributed by atoms with Crippen molar-refractivity contribution in [1.82, 2.24) is 4.57 Å². The molecule has 0 bridgehead atoms. The summed E-state index contributed by atoms with van der Waals surface area (Å²) in [6, 6.07) is 16.5. The Morgan fingerprint density at radius 1 is 0.800 bits per heavy atom. The largest absolute Gasteiger partial charge is 0.508 e. The molecule has 0 atom stereocenters. The quantitative estimate of drug-likeness (QED) is 0.369. The Labute approximate surface area is 172 Å². The third-order valence-corrected chi connectivity index (χ3v) is 5.22. The zero-order valence-electron chi connectivity index (χ0n) is 16.1. The Morgan fingerprint density at radius 2 is 1.37 bits per heavy atom. The lowest BCUT2D eigenvalue weighted by molar-refractivity contribution is 0.0973. The molecular weight excluding hydrogens is 382 g/mol. The average Bonchev–Trinajstić information content (AvgIpc) is 3.10. The zero-order valence-corrected chi connectivity index (χ0v) is 16.1. The van der Waals surface area contributed by atoms with Crippen LogP contribution in [0.1, 0.15) is 21.5 Å². The van der Waals surface area contributed by atoms with Crippen molar-refractivity contribution in [3.05, 3.63) is 83.6 Å². The summed E-state index contributed by atoms with van der Waals surface area (Å²) in [7, 11) is 0. The number of hydrogen-bond donors (Lipinski definition) is 4. The van der Waals surface area contributed by atoms with Crippen molar-refractivity contribution in [2.24, 2.45) is 0 Å². The van der Waals surface area contributed by atoms with Crippen molar-refractivity contribution in [2.75, 3.05) is 0 Å². The molecule has 0 unspecified atom stereocenters. The monoisotopic (exact) mass is 403 g/mol. The summed E-state index contributed by atoms with van der Waals surface area (Å²) in [6.07, 6.45) is 1.86. The number of benzene rings is 3. The number of carbonyl (C=O) groups is 1. The van der Waals surface area contributed by atoms with Crippen LogP contribution in [-0.2, 0) is 19.8 Å². The SMILES string of the molecule is O=C(Cn1cc(-c2ccc(O)cc2)c2cc(CO)c(CO)cc21)c1ccc(O)cc1. The maximum Gasteiger partial charge on any atom is 0.182 e. The molecule has 3 aromatic carbocycles. The van der Waals surface area contributed by atoms with Crippen molar-refractivity contribution in [1.29, 1.82) is 0 Å². The lowest BCUT2D eigenvalue weighted by atomic mass is 10.0. The molecule has 152 valence electrons. The highest BCUT2D eigenvalue weighted by Gasteiger charge is 2.16. The number of Topliss-reactive ketones (excluding diaryl/α,β-unsaturated/α-hetero) is 1. The third-order valence-electron chi connectivity index (χ3n) is 5.22. The molecule has 1 heterocycles. The molecule has 0 fully saturated rings. The Morgan fingerprint density at radius 3 is 1.97 bits per heavy atom. The van der Waals surface area contributed by atoms with E-state index >= 15 is 0 Å². The lowest BCUT2D eigenvalue weighted by Crippen LogP contribution is -2.09. The Hall–Kier alpha value is -3.61. The van der Waals surface area contributed by atoms with Gasteiger partial charge in [-0.2, -0.15) is 0 Å². The van der Waals surface area contributed by atoms with Gasteiger partial charge in [0.15, 0.2) is 5.78 Å². The van der Waals surface area contributed by atoms with Crippen LogP contribution in [-0.4, -0.2) is 30.8 Å². The van der Waals surface area contributed by atoms with Crippen LogP contribution in [0.15, 0.2) is 66.9 Å². The normalized spacial score (nSPS) is 11.1. The molecule has 0 radical (unpaired) electrons. The van der Waals surface area contributed by atoms with E-state index in [4.69, 9.17) is 0 Å². The first-order chi connectivity index (χ1) is 14.5. The van der Waals surface area contributed by atoms with E-state index in [1.165, 1.54) is 12.1 Å². The summed E-state index contributed by atoms with van der Waals surface area (Å²) in [4.78, 5) is 12.8. The zero-order chi connectivity index (χ0) is 21.3. The van der Waals surface area contributed by atoms with E-state index < -0.39 is 0 Å². The van der Waals surface area contributed by atoms with E-state index in [-0.39, 0.29) is 37.0 Å². The third kappa shape index (κ3) is 3.66. The summed E-state index contributed by atoms with van der Waals surface area (Å²) in [5.41, 5.74) is 4.16. The molecule has 4 aromatic rings. The maximum absolute atomic E-state index is 12.8. The number of phenolic OH excluding ortho intramolecular Hbond substituents is 2. The molecular formula is C24H21NO5.